The number of benzene rings is 2. The Bertz CT molecular complexity index is 890. The van der Waals surface area contributed by atoms with Gasteiger partial charge in [0.05, 0.1) is 0 Å². The smallest absolute Gasteiger partial charge is 0.261 e. The lowest BCUT2D eigenvalue weighted by atomic mass is 10.1. The van der Waals surface area contributed by atoms with E-state index in [4.69, 9.17) is 4.43 Å². The molecule has 0 aliphatic heterocycles. The zero-order valence-electron chi connectivity index (χ0n) is 18.7. The molecule has 1 aromatic heterocycles. The first-order valence-corrected chi connectivity index (χ1v) is 13.6. The molecule has 1 atom stereocenters. The van der Waals surface area contributed by atoms with Crippen molar-refractivity contribution in [2.45, 2.75) is 37.4 Å². The van der Waals surface area contributed by atoms with Gasteiger partial charge in [-0.1, -0.05) is 99.3 Å². The van der Waals surface area contributed by atoms with Crippen molar-refractivity contribution in [2.75, 3.05) is 12.4 Å². The van der Waals surface area contributed by atoms with Gasteiger partial charge in [-0.15, -0.1) is 6.58 Å². The first-order chi connectivity index (χ1) is 15.0. The van der Waals surface area contributed by atoms with Crippen molar-refractivity contribution < 1.29 is 4.43 Å². The van der Waals surface area contributed by atoms with Gasteiger partial charge in [-0.05, 0) is 33.8 Å². The fourth-order valence-electron chi connectivity index (χ4n) is 3.92. The average molecular weight is 449 g/mol. The van der Waals surface area contributed by atoms with Crippen LogP contribution in [0.1, 0.15) is 27.2 Å². The topological polar surface area (TPSA) is 35.0 Å². The Balaban J connectivity index is 1.82. The van der Waals surface area contributed by atoms with Crippen LogP contribution in [0.3, 0.4) is 0 Å². The van der Waals surface area contributed by atoms with Gasteiger partial charge in [-0.3, -0.25) is 0 Å². The Morgan fingerprint density at radius 1 is 0.935 bits per heavy atom. The van der Waals surface area contributed by atoms with E-state index in [1.807, 2.05) is 12.1 Å². The molecule has 1 heterocycles. The standard InChI is InChI=1S/C26H32N2OSSi/c1-5-22(17-20-30-25-27-18-12-19-28-25)21-29-31(26(2,3)4,23-13-8-6-9-14-23)24-15-10-7-11-16-24/h5-16,18-19,22H,1,17,20-21H2,2-4H3. The predicted molar refractivity (Wildman–Crippen MR) is 135 cm³/mol. The highest BCUT2D eigenvalue weighted by molar-refractivity contribution is 7.99. The predicted octanol–water partition coefficient (Wildman–Crippen LogP) is 5.34. The maximum absolute atomic E-state index is 7.05. The van der Waals surface area contributed by atoms with Crippen molar-refractivity contribution >= 4 is 30.5 Å². The van der Waals surface area contributed by atoms with Gasteiger partial charge in [-0.25, -0.2) is 9.97 Å². The van der Waals surface area contributed by atoms with E-state index in [1.165, 1.54) is 10.4 Å². The van der Waals surface area contributed by atoms with Crippen molar-refractivity contribution in [3.8, 4) is 0 Å². The summed E-state index contributed by atoms with van der Waals surface area (Å²) in [7, 11) is -2.51. The van der Waals surface area contributed by atoms with Gasteiger partial charge < -0.3 is 4.43 Å². The lowest BCUT2D eigenvalue weighted by Gasteiger charge is -2.43. The fraction of sp³-hybridized carbons (Fsp3) is 0.308. The summed E-state index contributed by atoms with van der Waals surface area (Å²) >= 11 is 1.68. The van der Waals surface area contributed by atoms with Crippen molar-refractivity contribution in [3.05, 3.63) is 91.8 Å². The van der Waals surface area contributed by atoms with Crippen LogP contribution in [0.2, 0.25) is 5.04 Å². The Morgan fingerprint density at radius 3 is 1.97 bits per heavy atom. The van der Waals surface area contributed by atoms with Gasteiger partial charge in [0.2, 0.25) is 0 Å². The zero-order chi connectivity index (χ0) is 22.2. The third kappa shape index (κ3) is 5.73. The molecule has 31 heavy (non-hydrogen) atoms. The van der Waals surface area contributed by atoms with Crippen LogP contribution in [0.4, 0.5) is 0 Å². The van der Waals surface area contributed by atoms with Crippen LogP contribution in [0.25, 0.3) is 0 Å². The molecule has 2 aromatic carbocycles. The van der Waals surface area contributed by atoms with E-state index in [9.17, 15) is 0 Å². The van der Waals surface area contributed by atoms with Gasteiger partial charge in [0.15, 0.2) is 5.16 Å². The number of aromatic nitrogens is 2. The SMILES string of the molecule is C=CC(CCSc1ncccn1)CO[Si](c1ccccc1)(c1ccccc1)C(C)(C)C. The maximum atomic E-state index is 7.05. The van der Waals surface area contributed by atoms with Gasteiger partial charge in [0.1, 0.15) is 0 Å². The molecule has 0 saturated heterocycles. The molecule has 0 amide bonds. The molecule has 3 aromatic rings. The summed E-state index contributed by atoms with van der Waals surface area (Å²) in [6.07, 6.45) is 6.58. The third-order valence-electron chi connectivity index (χ3n) is 5.53. The Labute approximate surface area is 192 Å². The minimum absolute atomic E-state index is 0.0198. The second kappa shape index (κ2) is 10.9. The molecule has 0 aliphatic carbocycles. The molecule has 1 unspecified atom stereocenters. The van der Waals surface area contributed by atoms with E-state index in [0.717, 1.165) is 17.3 Å². The number of thioether (sulfide) groups is 1. The van der Waals surface area contributed by atoms with Crippen LogP contribution in [-0.4, -0.2) is 30.6 Å². The van der Waals surface area contributed by atoms with E-state index in [2.05, 4.69) is 98.0 Å². The molecule has 0 spiro atoms. The fourth-order valence-corrected chi connectivity index (χ4v) is 9.42. The minimum atomic E-state index is -2.51. The van der Waals surface area contributed by atoms with Crippen LogP contribution in [0.15, 0.2) is 96.9 Å². The molecule has 5 heteroatoms. The second-order valence-electron chi connectivity index (χ2n) is 8.64. The van der Waals surface area contributed by atoms with Crippen LogP contribution >= 0.6 is 11.8 Å². The summed E-state index contributed by atoms with van der Waals surface area (Å²) in [4.78, 5) is 8.60. The highest BCUT2D eigenvalue weighted by Crippen LogP contribution is 2.37. The lowest BCUT2D eigenvalue weighted by Crippen LogP contribution is -2.66. The molecule has 3 rings (SSSR count). The normalized spacial score (nSPS) is 13.0. The van der Waals surface area contributed by atoms with E-state index in [1.54, 1.807) is 24.2 Å². The van der Waals surface area contributed by atoms with Crippen molar-refractivity contribution in [1.82, 2.24) is 9.97 Å². The molecule has 0 saturated carbocycles. The molecule has 0 bridgehead atoms. The minimum Gasteiger partial charge on any atom is -0.407 e. The first-order valence-electron chi connectivity index (χ1n) is 10.7. The molecule has 0 fully saturated rings. The van der Waals surface area contributed by atoms with Crippen LogP contribution in [0.5, 0.6) is 0 Å². The van der Waals surface area contributed by atoms with E-state index < -0.39 is 8.32 Å². The Hall–Kier alpha value is -2.21. The van der Waals surface area contributed by atoms with Crippen molar-refractivity contribution in [1.29, 1.82) is 0 Å². The van der Waals surface area contributed by atoms with E-state index in [0.29, 0.717) is 6.61 Å². The lowest BCUT2D eigenvalue weighted by molar-refractivity contribution is 0.257. The van der Waals surface area contributed by atoms with Crippen LogP contribution in [-0.2, 0) is 4.43 Å². The zero-order valence-corrected chi connectivity index (χ0v) is 20.5. The van der Waals surface area contributed by atoms with Gasteiger partial charge in [-0.2, -0.15) is 0 Å². The largest absolute Gasteiger partial charge is 0.407 e. The van der Waals surface area contributed by atoms with Crippen LogP contribution in [0, 0.1) is 5.92 Å². The highest BCUT2D eigenvalue weighted by Gasteiger charge is 2.50. The van der Waals surface area contributed by atoms with Gasteiger partial charge in [0.25, 0.3) is 8.32 Å². The summed E-state index contributed by atoms with van der Waals surface area (Å²) in [5.41, 5.74) is 0. The van der Waals surface area contributed by atoms with Crippen LogP contribution < -0.4 is 10.4 Å². The van der Waals surface area contributed by atoms with Gasteiger partial charge >= 0.3 is 0 Å². The summed E-state index contributed by atoms with van der Waals surface area (Å²) in [5.74, 6) is 1.21. The summed E-state index contributed by atoms with van der Waals surface area (Å²) in [6, 6.07) is 23.4. The summed E-state index contributed by atoms with van der Waals surface area (Å²) in [5, 5.41) is 3.42. The molecule has 0 radical (unpaired) electrons. The average Bonchev–Trinajstić information content (AvgIpc) is 2.79. The summed E-state index contributed by atoms with van der Waals surface area (Å²) < 4.78 is 7.05. The number of hydrogen-bond acceptors (Lipinski definition) is 4. The summed E-state index contributed by atoms with van der Waals surface area (Å²) in [6.45, 7) is 11.7. The van der Waals surface area contributed by atoms with Crippen molar-refractivity contribution in [2.24, 2.45) is 5.92 Å². The third-order valence-corrected chi connectivity index (χ3v) is 11.4. The van der Waals surface area contributed by atoms with Crippen molar-refractivity contribution in [3.63, 3.8) is 0 Å². The first kappa shape index (κ1) is 23.5. The molecule has 0 N–H and O–H groups in total. The molecular formula is C26H32N2OSSi. The Kier molecular flexibility index (Phi) is 8.24. The number of rotatable bonds is 10. The molecular weight excluding hydrogens is 416 g/mol. The molecule has 3 nitrogen and oxygen atoms in total. The molecule has 0 aliphatic rings. The molecule has 162 valence electrons. The highest BCUT2D eigenvalue weighted by atomic mass is 32.2. The maximum Gasteiger partial charge on any atom is 0.261 e. The van der Waals surface area contributed by atoms with Gasteiger partial charge in [0, 0.05) is 24.8 Å². The van der Waals surface area contributed by atoms with E-state index in [-0.39, 0.29) is 11.0 Å². The quantitative estimate of drug-likeness (QED) is 0.182. The Morgan fingerprint density at radius 2 is 1.48 bits per heavy atom. The second-order valence-corrected chi connectivity index (χ2v) is 14.0. The monoisotopic (exact) mass is 448 g/mol. The van der Waals surface area contributed by atoms with E-state index >= 15 is 0 Å². The number of hydrogen-bond donors (Lipinski definition) is 0. The number of nitrogens with zero attached hydrogens (tertiary/aromatic N) is 2.